The Kier molecular flexibility index (Phi) is 9.26. The predicted octanol–water partition coefficient (Wildman–Crippen LogP) is 17.9. The fourth-order valence-corrected chi connectivity index (χ4v) is 11.7. The molecule has 0 atom stereocenters. The highest BCUT2D eigenvalue weighted by Gasteiger charge is 2.44. The standard InChI is InChI=1S/C64H55NO/c1-11-19-39(13-3)40-27-30-42(31-28-40)65(43-32-34-47-46-21-15-16-24-52(46)62(5,6)55(47)36-43)58-26-18-25-53-60(58)51-38-56-50(37-57(51)63(53,7)8)48-33-29-41(35-54(48)64(56,9)10)45-22-17-23-49-44(14-4)59(20-12-2)66-61(45)49/h11-38H,1,3-4H2,2,5-10H3/b20-12-,39-19+. The van der Waals surface area contributed by atoms with Gasteiger partial charge in [-0.15, -0.1) is 0 Å². The molecule has 3 aliphatic carbocycles. The van der Waals surface area contributed by atoms with Gasteiger partial charge in [0.05, 0.1) is 5.69 Å². The lowest BCUT2D eigenvalue weighted by Crippen LogP contribution is -2.17. The molecule has 0 fully saturated rings. The van der Waals surface area contributed by atoms with Crippen molar-refractivity contribution >= 4 is 45.8 Å². The van der Waals surface area contributed by atoms with Crippen LogP contribution in [0.5, 0.6) is 0 Å². The van der Waals surface area contributed by atoms with Gasteiger partial charge in [-0.2, -0.15) is 0 Å². The molecule has 0 spiro atoms. The molecule has 322 valence electrons. The predicted molar refractivity (Wildman–Crippen MR) is 282 cm³/mol. The number of hydrogen-bond acceptors (Lipinski definition) is 2. The molecule has 0 bridgehead atoms. The van der Waals surface area contributed by atoms with Gasteiger partial charge in [0.1, 0.15) is 11.3 Å². The van der Waals surface area contributed by atoms with E-state index < -0.39 is 0 Å². The van der Waals surface area contributed by atoms with Gasteiger partial charge in [-0.1, -0.05) is 177 Å². The van der Waals surface area contributed by atoms with Crippen LogP contribution in [0.1, 0.15) is 98.7 Å². The first-order valence-electron chi connectivity index (χ1n) is 23.2. The summed E-state index contributed by atoms with van der Waals surface area (Å²) in [5, 5.41) is 1.08. The summed E-state index contributed by atoms with van der Waals surface area (Å²) in [6, 6.07) is 50.4. The number of para-hydroxylation sites is 1. The van der Waals surface area contributed by atoms with Gasteiger partial charge in [-0.25, -0.2) is 0 Å². The first-order valence-corrected chi connectivity index (χ1v) is 23.2. The van der Waals surface area contributed by atoms with Crippen molar-refractivity contribution in [3.8, 4) is 44.5 Å². The zero-order chi connectivity index (χ0) is 45.9. The van der Waals surface area contributed by atoms with Crippen molar-refractivity contribution in [2.45, 2.75) is 64.7 Å². The van der Waals surface area contributed by atoms with Crippen LogP contribution < -0.4 is 4.90 Å². The van der Waals surface area contributed by atoms with Crippen molar-refractivity contribution < 1.29 is 4.42 Å². The molecular weight excluding hydrogens is 799 g/mol. The molecule has 0 amide bonds. The van der Waals surface area contributed by atoms with Gasteiger partial charge in [0, 0.05) is 49.7 Å². The molecule has 0 aliphatic heterocycles. The summed E-state index contributed by atoms with van der Waals surface area (Å²) in [6.45, 7) is 28.5. The number of hydrogen-bond donors (Lipinski definition) is 0. The molecule has 0 N–H and O–H groups in total. The van der Waals surface area contributed by atoms with Gasteiger partial charge in [0.2, 0.25) is 0 Å². The molecule has 11 rings (SSSR count). The second kappa shape index (κ2) is 14.8. The van der Waals surface area contributed by atoms with Crippen LogP contribution in [-0.2, 0) is 16.2 Å². The molecule has 2 nitrogen and oxygen atoms in total. The van der Waals surface area contributed by atoms with Crippen molar-refractivity contribution in [3.63, 3.8) is 0 Å². The maximum Gasteiger partial charge on any atom is 0.143 e. The second-order valence-corrected chi connectivity index (χ2v) is 19.8. The van der Waals surface area contributed by atoms with Crippen LogP contribution in [0.15, 0.2) is 182 Å². The monoisotopic (exact) mass is 853 g/mol. The second-order valence-electron chi connectivity index (χ2n) is 19.8. The summed E-state index contributed by atoms with van der Waals surface area (Å²) in [5.74, 6) is 0.837. The van der Waals surface area contributed by atoms with Crippen LogP contribution >= 0.6 is 0 Å². The highest BCUT2D eigenvalue weighted by Crippen LogP contribution is 2.60. The van der Waals surface area contributed by atoms with Crippen molar-refractivity contribution in [2.24, 2.45) is 0 Å². The lowest BCUT2D eigenvalue weighted by atomic mass is 9.79. The van der Waals surface area contributed by atoms with E-state index in [0.29, 0.717) is 0 Å². The maximum atomic E-state index is 6.56. The van der Waals surface area contributed by atoms with E-state index in [-0.39, 0.29) is 16.2 Å². The highest BCUT2D eigenvalue weighted by molar-refractivity contribution is 6.01. The largest absolute Gasteiger partial charge is 0.455 e. The highest BCUT2D eigenvalue weighted by atomic mass is 16.3. The minimum Gasteiger partial charge on any atom is -0.455 e. The molecule has 1 aromatic heterocycles. The van der Waals surface area contributed by atoms with Gasteiger partial charge < -0.3 is 9.32 Å². The first kappa shape index (κ1) is 41.3. The number of fused-ring (bicyclic) bond motifs is 10. The zero-order valence-electron chi connectivity index (χ0n) is 39.1. The van der Waals surface area contributed by atoms with E-state index >= 15 is 0 Å². The average molecular weight is 854 g/mol. The maximum absolute atomic E-state index is 6.56. The van der Waals surface area contributed by atoms with Gasteiger partial charge in [0.15, 0.2) is 0 Å². The summed E-state index contributed by atoms with van der Waals surface area (Å²) in [4.78, 5) is 2.49. The minimum absolute atomic E-state index is 0.144. The summed E-state index contributed by atoms with van der Waals surface area (Å²) in [5.41, 5.74) is 25.0. The Hall–Kier alpha value is -7.42. The molecule has 3 aliphatic rings. The smallest absolute Gasteiger partial charge is 0.143 e. The molecule has 0 saturated carbocycles. The topological polar surface area (TPSA) is 16.4 Å². The van der Waals surface area contributed by atoms with E-state index in [0.717, 1.165) is 55.9 Å². The van der Waals surface area contributed by atoms with Crippen LogP contribution in [0, 0.1) is 0 Å². The molecule has 8 aromatic rings. The van der Waals surface area contributed by atoms with Gasteiger partial charge in [-0.3, -0.25) is 0 Å². The van der Waals surface area contributed by atoms with Gasteiger partial charge >= 0.3 is 0 Å². The SMILES string of the molecule is C=C/C=C(\C=C)c1ccc(N(c2ccc3c(c2)C(C)(C)c2ccccc2-3)c2cccc3c2-c2cc4c(cc2C3(C)C)-c2ccc(-c3cccc5c(C=C)c(/C=C\C)oc35)cc2C4(C)C)cc1. The Morgan fingerprint density at radius 3 is 1.91 bits per heavy atom. The third-order valence-electron chi connectivity index (χ3n) is 15.1. The van der Waals surface area contributed by atoms with E-state index in [9.17, 15) is 0 Å². The van der Waals surface area contributed by atoms with Gasteiger partial charge in [0.25, 0.3) is 0 Å². The number of rotatable bonds is 9. The Labute approximate surface area is 390 Å². The summed E-state index contributed by atoms with van der Waals surface area (Å²) in [7, 11) is 0. The van der Waals surface area contributed by atoms with Crippen molar-refractivity contribution in [2.75, 3.05) is 4.90 Å². The van der Waals surface area contributed by atoms with Crippen LogP contribution in [0.4, 0.5) is 17.1 Å². The van der Waals surface area contributed by atoms with Crippen LogP contribution in [-0.4, -0.2) is 0 Å². The quantitative estimate of drug-likeness (QED) is 0.135. The van der Waals surface area contributed by atoms with Crippen LogP contribution in [0.3, 0.4) is 0 Å². The summed E-state index contributed by atoms with van der Waals surface area (Å²) >= 11 is 0. The van der Waals surface area contributed by atoms with Crippen molar-refractivity contribution in [3.05, 3.63) is 228 Å². The Bertz CT molecular complexity index is 3450. The van der Waals surface area contributed by atoms with Crippen molar-refractivity contribution in [1.82, 2.24) is 0 Å². The fourth-order valence-electron chi connectivity index (χ4n) is 11.7. The average Bonchev–Trinajstić information content (AvgIpc) is 3.95. The first-order chi connectivity index (χ1) is 31.8. The van der Waals surface area contributed by atoms with E-state index in [1.165, 1.54) is 72.4 Å². The molecule has 66 heavy (non-hydrogen) atoms. The molecule has 2 heteroatoms. The molecule has 7 aromatic carbocycles. The number of benzene rings is 7. The Morgan fingerprint density at radius 1 is 0.545 bits per heavy atom. The molecule has 0 saturated heterocycles. The Balaban J connectivity index is 1.08. The third-order valence-corrected chi connectivity index (χ3v) is 15.1. The van der Waals surface area contributed by atoms with E-state index in [1.807, 2.05) is 43.4 Å². The van der Waals surface area contributed by atoms with Crippen molar-refractivity contribution in [1.29, 1.82) is 0 Å². The van der Waals surface area contributed by atoms with Gasteiger partial charge in [-0.05, 0) is 139 Å². The molecule has 0 radical (unpaired) electrons. The van der Waals surface area contributed by atoms with E-state index in [2.05, 4.69) is 200 Å². The van der Waals surface area contributed by atoms with E-state index in [4.69, 9.17) is 4.42 Å². The molecular formula is C64H55NO. The summed E-state index contributed by atoms with van der Waals surface area (Å²) in [6.07, 6.45) is 11.7. The van der Waals surface area contributed by atoms with E-state index in [1.54, 1.807) is 0 Å². The Morgan fingerprint density at radius 2 is 1.15 bits per heavy atom. The number of furan rings is 1. The third kappa shape index (κ3) is 5.80. The summed E-state index contributed by atoms with van der Waals surface area (Å²) < 4.78 is 6.56. The number of allylic oxidation sites excluding steroid dienone is 5. The number of nitrogens with zero attached hydrogens (tertiary/aromatic N) is 1. The number of anilines is 3. The fraction of sp³-hybridized carbons (Fsp3) is 0.156. The lowest BCUT2D eigenvalue weighted by molar-refractivity contribution is 0.604. The molecule has 0 unspecified atom stereocenters. The van der Waals surface area contributed by atoms with Crippen LogP contribution in [0.2, 0.25) is 0 Å². The minimum atomic E-state index is -0.255. The lowest BCUT2D eigenvalue weighted by Gasteiger charge is -2.30. The van der Waals surface area contributed by atoms with Crippen LogP contribution in [0.25, 0.3) is 73.2 Å². The molecule has 1 heterocycles. The zero-order valence-corrected chi connectivity index (χ0v) is 39.1. The normalized spacial score (nSPS) is 15.5.